The third kappa shape index (κ3) is 1.39. The van der Waals surface area contributed by atoms with Crippen molar-refractivity contribution >= 4 is 0 Å². The molecule has 1 heterocycles. The summed E-state index contributed by atoms with van der Waals surface area (Å²) in [6, 6.07) is 0.924. The molecule has 0 spiro atoms. The molecular weight excluding hydrogens is 146 g/mol. The molecule has 2 rings (SSSR count). The minimum Gasteiger partial charge on any atom is -0.303 e. The molecule has 1 aliphatic heterocycles. The SMILES string of the molecule is C[C@H]1CCC[C@@H]2CCCN(C)[C@@H]21. The van der Waals surface area contributed by atoms with E-state index in [4.69, 9.17) is 0 Å². The van der Waals surface area contributed by atoms with Crippen LogP contribution in [0.3, 0.4) is 0 Å². The van der Waals surface area contributed by atoms with Crippen molar-refractivity contribution in [2.45, 2.75) is 45.1 Å². The molecule has 0 N–H and O–H groups in total. The lowest BCUT2D eigenvalue weighted by molar-refractivity contribution is 0.0448. The van der Waals surface area contributed by atoms with Crippen molar-refractivity contribution in [2.75, 3.05) is 13.6 Å². The van der Waals surface area contributed by atoms with Gasteiger partial charge < -0.3 is 4.90 Å². The summed E-state index contributed by atoms with van der Waals surface area (Å²) in [6.45, 7) is 3.78. The Hall–Kier alpha value is -0.0400. The summed E-state index contributed by atoms with van der Waals surface area (Å²) < 4.78 is 0. The second-order valence-electron chi connectivity index (χ2n) is 4.78. The van der Waals surface area contributed by atoms with Gasteiger partial charge in [0, 0.05) is 6.04 Å². The molecule has 0 aromatic heterocycles. The fraction of sp³-hybridized carbons (Fsp3) is 1.00. The van der Waals surface area contributed by atoms with Crippen LogP contribution in [0.4, 0.5) is 0 Å². The summed E-state index contributed by atoms with van der Waals surface area (Å²) in [4.78, 5) is 2.61. The predicted molar refractivity (Wildman–Crippen MR) is 52.2 cm³/mol. The maximum Gasteiger partial charge on any atom is 0.0146 e. The Bertz CT molecular complexity index is 139. The van der Waals surface area contributed by atoms with Gasteiger partial charge in [-0.2, -0.15) is 0 Å². The summed E-state index contributed by atoms with van der Waals surface area (Å²) in [7, 11) is 2.32. The predicted octanol–water partition coefficient (Wildman–Crippen LogP) is 2.52. The molecular formula is C11H21N. The molecule has 0 aromatic rings. The van der Waals surface area contributed by atoms with Crippen LogP contribution in [0.25, 0.3) is 0 Å². The molecule has 0 bridgehead atoms. The number of nitrogens with zero attached hydrogens (tertiary/aromatic N) is 1. The number of hydrogen-bond donors (Lipinski definition) is 0. The van der Waals surface area contributed by atoms with Crippen molar-refractivity contribution in [3.05, 3.63) is 0 Å². The molecule has 0 radical (unpaired) electrons. The highest BCUT2D eigenvalue weighted by atomic mass is 15.1. The van der Waals surface area contributed by atoms with Crippen LogP contribution < -0.4 is 0 Å². The van der Waals surface area contributed by atoms with Gasteiger partial charge in [-0.1, -0.05) is 13.3 Å². The number of piperidine rings is 1. The third-order valence-corrected chi connectivity index (χ3v) is 3.90. The zero-order valence-electron chi connectivity index (χ0n) is 8.42. The van der Waals surface area contributed by atoms with Crippen LogP contribution in [0.5, 0.6) is 0 Å². The normalized spacial score (nSPS) is 44.0. The Morgan fingerprint density at radius 2 is 1.83 bits per heavy atom. The summed E-state index contributed by atoms with van der Waals surface area (Å²) in [6.07, 6.45) is 7.38. The maximum atomic E-state index is 2.61. The maximum absolute atomic E-state index is 2.61. The van der Waals surface area contributed by atoms with Crippen LogP contribution in [0.15, 0.2) is 0 Å². The Labute approximate surface area is 76.1 Å². The van der Waals surface area contributed by atoms with Crippen LogP contribution in [-0.4, -0.2) is 24.5 Å². The fourth-order valence-electron chi connectivity index (χ4n) is 3.37. The van der Waals surface area contributed by atoms with Crippen LogP contribution in [-0.2, 0) is 0 Å². The highest BCUT2D eigenvalue weighted by molar-refractivity contribution is 4.89. The number of hydrogen-bond acceptors (Lipinski definition) is 1. The molecule has 0 unspecified atom stereocenters. The number of rotatable bonds is 0. The van der Waals surface area contributed by atoms with E-state index in [0.29, 0.717) is 0 Å². The fourth-order valence-corrected chi connectivity index (χ4v) is 3.37. The van der Waals surface area contributed by atoms with Gasteiger partial charge in [0.1, 0.15) is 0 Å². The second kappa shape index (κ2) is 3.37. The Morgan fingerprint density at radius 3 is 2.58 bits per heavy atom. The smallest absolute Gasteiger partial charge is 0.0146 e. The van der Waals surface area contributed by atoms with Gasteiger partial charge in [-0.3, -0.25) is 0 Å². The zero-order chi connectivity index (χ0) is 8.55. The van der Waals surface area contributed by atoms with Gasteiger partial charge in [0.15, 0.2) is 0 Å². The zero-order valence-corrected chi connectivity index (χ0v) is 8.42. The van der Waals surface area contributed by atoms with Crippen molar-refractivity contribution in [1.29, 1.82) is 0 Å². The molecule has 2 aliphatic rings. The second-order valence-corrected chi connectivity index (χ2v) is 4.78. The number of likely N-dealkylation sites (tertiary alicyclic amines) is 1. The summed E-state index contributed by atoms with van der Waals surface area (Å²) >= 11 is 0. The van der Waals surface area contributed by atoms with E-state index < -0.39 is 0 Å². The van der Waals surface area contributed by atoms with E-state index in [0.717, 1.165) is 17.9 Å². The highest BCUT2D eigenvalue weighted by Gasteiger charge is 2.35. The minimum absolute atomic E-state index is 0.924. The first kappa shape index (κ1) is 8.55. The van der Waals surface area contributed by atoms with Gasteiger partial charge in [-0.15, -0.1) is 0 Å². The molecule has 0 amide bonds. The van der Waals surface area contributed by atoms with E-state index in [2.05, 4.69) is 18.9 Å². The van der Waals surface area contributed by atoms with Crippen molar-refractivity contribution in [1.82, 2.24) is 4.90 Å². The lowest BCUT2D eigenvalue weighted by Crippen LogP contribution is -2.48. The van der Waals surface area contributed by atoms with Crippen molar-refractivity contribution in [2.24, 2.45) is 11.8 Å². The highest BCUT2D eigenvalue weighted by Crippen LogP contribution is 2.37. The first-order valence-electron chi connectivity index (χ1n) is 5.49. The van der Waals surface area contributed by atoms with Crippen LogP contribution >= 0.6 is 0 Å². The summed E-state index contributed by atoms with van der Waals surface area (Å²) in [5, 5.41) is 0. The van der Waals surface area contributed by atoms with Crippen LogP contribution in [0, 0.1) is 11.8 Å². The molecule has 1 nitrogen and oxygen atoms in total. The molecule has 12 heavy (non-hydrogen) atoms. The molecule has 0 aromatic carbocycles. The third-order valence-electron chi connectivity index (χ3n) is 3.90. The Balaban J connectivity index is 2.07. The molecule has 3 atom stereocenters. The summed E-state index contributed by atoms with van der Waals surface area (Å²) in [5.74, 6) is 1.99. The molecule has 1 saturated heterocycles. The lowest BCUT2D eigenvalue weighted by atomic mass is 9.73. The van der Waals surface area contributed by atoms with E-state index >= 15 is 0 Å². The van der Waals surface area contributed by atoms with Gasteiger partial charge in [0.05, 0.1) is 0 Å². The molecule has 2 fully saturated rings. The van der Waals surface area contributed by atoms with Crippen molar-refractivity contribution in [3.63, 3.8) is 0 Å². The minimum atomic E-state index is 0.924. The number of fused-ring (bicyclic) bond motifs is 1. The molecule has 1 aliphatic carbocycles. The van der Waals surface area contributed by atoms with Crippen molar-refractivity contribution < 1.29 is 0 Å². The van der Waals surface area contributed by atoms with E-state index in [1.807, 2.05) is 0 Å². The Morgan fingerprint density at radius 1 is 1.08 bits per heavy atom. The van der Waals surface area contributed by atoms with E-state index in [9.17, 15) is 0 Å². The topological polar surface area (TPSA) is 3.24 Å². The average molecular weight is 167 g/mol. The van der Waals surface area contributed by atoms with Gasteiger partial charge in [-0.25, -0.2) is 0 Å². The van der Waals surface area contributed by atoms with E-state index in [-0.39, 0.29) is 0 Å². The summed E-state index contributed by atoms with van der Waals surface area (Å²) in [5.41, 5.74) is 0. The van der Waals surface area contributed by atoms with Gasteiger partial charge >= 0.3 is 0 Å². The monoisotopic (exact) mass is 167 g/mol. The standard InChI is InChI=1S/C11H21N/c1-9-5-3-6-10-7-4-8-12(2)11(9)10/h9-11H,3-8H2,1-2H3/t9-,10+,11+/m0/s1. The van der Waals surface area contributed by atoms with Gasteiger partial charge in [0.2, 0.25) is 0 Å². The van der Waals surface area contributed by atoms with Crippen LogP contribution in [0.2, 0.25) is 0 Å². The quantitative estimate of drug-likeness (QED) is 0.536. The lowest BCUT2D eigenvalue weighted by Gasteiger charge is -2.45. The van der Waals surface area contributed by atoms with Gasteiger partial charge in [-0.05, 0) is 51.1 Å². The van der Waals surface area contributed by atoms with E-state index in [1.165, 1.54) is 38.6 Å². The molecule has 1 saturated carbocycles. The van der Waals surface area contributed by atoms with E-state index in [1.54, 1.807) is 0 Å². The molecule has 1 heteroatoms. The molecule has 70 valence electrons. The first-order chi connectivity index (χ1) is 5.79. The Kier molecular flexibility index (Phi) is 2.40. The largest absolute Gasteiger partial charge is 0.303 e. The van der Waals surface area contributed by atoms with Gasteiger partial charge in [0.25, 0.3) is 0 Å². The van der Waals surface area contributed by atoms with Crippen molar-refractivity contribution in [3.8, 4) is 0 Å². The average Bonchev–Trinajstić information content (AvgIpc) is 2.04. The van der Waals surface area contributed by atoms with Crippen LogP contribution in [0.1, 0.15) is 39.0 Å². The first-order valence-corrected chi connectivity index (χ1v) is 5.49.